The van der Waals surface area contributed by atoms with E-state index in [-0.39, 0.29) is 17.3 Å². The van der Waals surface area contributed by atoms with Crippen molar-refractivity contribution in [1.29, 1.82) is 0 Å². The molecule has 2 bridgehead atoms. The van der Waals surface area contributed by atoms with Crippen molar-refractivity contribution in [2.45, 2.75) is 41.6 Å². The van der Waals surface area contributed by atoms with E-state index in [1.165, 1.54) is 6.42 Å². The summed E-state index contributed by atoms with van der Waals surface area (Å²) in [6, 6.07) is 5.24. The number of hydrogen-bond donors (Lipinski definition) is 2. The van der Waals surface area contributed by atoms with Crippen LogP contribution in [0.3, 0.4) is 0 Å². The van der Waals surface area contributed by atoms with Gasteiger partial charge in [-0.2, -0.15) is 0 Å². The van der Waals surface area contributed by atoms with Gasteiger partial charge < -0.3 is 19.7 Å². The van der Waals surface area contributed by atoms with Crippen LogP contribution < -0.4 is 4.65 Å². The summed E-state index contributed by atoms with van der Waals surface area (Å²) in [5.74, 6) is 0.661. The minimum absolute atomic E-state index is 0.131. The average molecular weight is 374 g/mol. The third-order valence-corrected chi connectivity index (χ3v) is 7.38. The Morgan fingerprint density at radius 1 is 1.35 bits per heavy atom. The molecule has 26 heavy (non-hydrogen) atoms. The summed E-state index contributed by atoms with van der Waals surface area (Å²) in [6.45, 7) is 3.25. The molecule has 5 aliphatic rings. The molecule has 0 aromatic heterocycles. The molecule has 1 aromatic carbocycles. The van der Waals surface area contributed by atoms with Crippen molar-refractivity contribution in [1.82, 2.24) is 9.80 Å². The van der Waals surface area contributed by atoms with E-state index >= 15 is 0 Å². The Morgan fingerprint density at radius 2 is 2.12 bits per heavy atom. The second-order valence-electron chi connectivity index (χ2n) is 8.03. The van der Waals surface area contributed by atoms with Crippen LogP contribution in [0.15, 0.2) is 17.0 Å². The fourth-order valence-electron chi connectivity index (χ4n) is 4.94. The number of piperidine rings is 1. The molecule has 6 rings (SSSR count). The number of carboxylic acids is 1. The van der Waals surface area contributed by atoms with E-state index in [0.29, 0.717) is 17.8 Å². The van der Waals surface area contributed by atoms with E-state index < -0.39 is 13.1 Å². The molecule has 4 fully saturated rings. The Balaban J connectivity index is 1.30. The first-order chi connectivity index (χ1) is 12.5. The Hall–Kier alpha value is -1.22. The zero-order chi connectivity index (χ0) is 18.0. The summed E-state index contributed by atoms with van der Waals surface area (Å²) in [5, 5.41) is 19.8. The van der Waals surface area contributed by atoms with Gasteiger partial charge in [0.05, 0.1) is 0 Å². The molecule has 0 spiro atoms. The standard InChI is InChI=1S/C18H23BN2O4S/c1-20-8-10-6-11(9-20)21(10)4-5-26-15-3-2-12-13-7-14(13)19(24)25-17(12)16(15)18(22)23/h2-3,10-11,13-14,24H,4-9H2,1H3,(H,22,23). The maximum atomic E-state index is 11.9. The number of aromatic carboxylic acids is 1. The molecule has 8 heteroatoms. The van der Waals surface area contributed by atoms with Crippen LogP contribution >= 0.6 is 11.8 Å². The fraction of sp³-hybridized carbons (Fsp3) is 0.611. The van der Waals surface area contributed by atoms with Gasteiger partial charge in [-0.3, -0.25) is 4.90 Å². The molecule has 138 valence electrons. The smallest absolute Gasteiger partial charge is 0.526 e. The summed E-state index contributed by atoms with van der Waals surface area (Å²) in [5.41, 5.74) is 1.17. The number of rotatable bonds is 5. The molecule has 1 aromatic rings. The lowest BCUT2D eigenvalue weighted by atomic mass is 9.77. The van der Waals surface area contributed by atoms with E-state index in [1.54, 1.807) is 11.8 Å². The van der Waals surface area contributed by atoms with Gasteiger partial charge in [-0.15, -0.1) is 11.8 Å². The maximum Gasteiger partial charge on any atom is 0.526 e. The van der Waals surface area contributed by atoms with Crippen LogP contribution in [0, 0.1) is 0 Å². The van der Waals surface area contributed by atoms with E-state index in [0.717, 1.165) is 42.3 Å². The Kier molecular flexibility index (Phi) is 4.01. The predicted molar refractivity (Wildman–Crippen MR) is 100 cm³/mol. The van der Waals surface area contributed by atoms with Gasteiger partial charge in [-0.1, -0.05) is 6.07 Å². The van der Waals surface area contributed by atoms with Crippen LogP contribution in [0.4, 0.5) is 0 Å². The van der Waals surface area contributed by atoms with Crippen LogP contribution in [-0.2, 0) is 0 Å². The Morgan fingerprint density at radius 3 is 2.85 bits per heavy atom. The van der Waals surface area contributed by atoms with Gasteiger partial charge in [0.1, 0.15) is 11.3 Å². The molecule has 4 heterocycles. The van der Waals surface area contributed by atoms with Gasteiger partial charge in [0.2, 0.25) is 0 Å². The van der Waals surface area contributed by atoms with Crippen LogP contribution in [0.1, 0.15) is 34.7 Å². The number of fused-ring (bicyclic) bond motifs is 5. The molecule has 1 saturated carbocycles. The van der Waals surface area contributed by atoms with Crippen LogP contribution in [0.2, 0.25) is 5.82 Å². The minimum Gasteiger partial charge on any atom is -0.535 e. The molecule has 3 saturated heterocycles. The number of benzene rings is 1. The highest BCUT2D eigenvalue weighted by Crippen LogP contribution is 2.60. The first-order valence-corrected chi connectivity index (χ1v) is 10.3. The normalized spacial score (nSPS) is 32.3. The molecule has 4 unspecified atom stereocenters. The molecule has 4 aliphatic heterocycles. The predicted octanol–water partition coefficient (Wildman–Crippen LogP) is 1.60. The van der Waals surface area contributed by atoms with Crippen molar-refractivity contribution < 1.29 is 19.6 Å². The molecule has 6 nitrogen and oxygen atoms in total. The molecule has 4 atom stereocenters. The number of hydrogen-bond acceptors (Lipinski definition) is 6. The molecule has 1 aliphatic carbocycles. The van der Waals surface area contributed by atoms with Crippen LogP contribution in [0.5, 0.6) is 5.75 Å². The SMILES string of the molecule is CN1CC2CC(C1)N2CCSc1ccc2c(c1C(=O)O)OB(O)C1CC21. The zero-order valence-electron chi connectivity index (χ0n) is 14.8. The first kappa shape index (κ1) is 16.9. The zero-order valence-corrected chi connectivity index (χ0v) is 15.6. The minimum atomic E-state index is -0.974. The van der Waals surface area contributed by atoms with E-state index in [1.807, 2.05) is 12.1 Å². The second kappa shape index (κ2) is 6.16. The quantitative estimate of drug-likeness (QED) is 0.599. The number of nitrogens with zero attached hydrogens (tertiary/aromatic N) is 2. The van der Waals surface area contributed by atoms with Crippen molar-refractivity contribution in [3.8, 4) is 5.75 Å². The van der Waals surface area contributed by atoms with Crippen molar-refractivity contribution in [3.63, 3.8) is 0 Å². The number of piperazine rings is 1. The van der Waals surface area contributed by atoms with Gasteiger partial charge in [-0.25, -0.2) is 4.79 Å². The summed E-state index contributed by atoms with van der Waals surface area (Å²) >= 11 is 1.58. The second-order valence-corrected chi connectivity index (χ2v) is 9.16. The molecule has 0 radical (unpaired) electrons. The molecular formula is C18H23BN2O4S. The highest BCUT2D eigenvalue weighted by atomic mass is 32.2. The number of likely N-dealkylation sites (N-methyl/N-ethyl adjacent to an activating group) is 1. The summed E-state index contributed by atoms with van der Waals surface area (Å²) in [7, 11) is 1.30. The van der Waals surface area contributed by atoms with Crippen molar-refractivity contribution >= 4 is 24.8 Å². The summed E-state index contributed by atoms with van der Waals surface area (Å²) < 4.78 is 5.60. The van der Waals surface area contributed by atoms with Gasteiger partial charge in [0, 0.05) is 48.2 Å². The van der Waals surface area contributed by atoms with Crippen molar-refractivity contribution in [3.05, 3.63) is 23.3 Å². The molecule has 2 N–H and O–H groups in total. The average Bonchev–Trinajstić information content (AvgIpc) is 3.39. The highest BCUT2D eigenvalue weighted by molar-refractivity contribution is 7.99. The third-order valence-electron chi connectivity index (χ3n) is 6.34. The van der Waals surface area contributed by atoms with E-state index in [2.05, 4.69) is 16.8 Å². The Bertz CT molecular complexity index is 751. The third kappa shape index (κ3) is 2.66. The van der Waals surface area contributed by atoms with Gasteiger partial charge in [-0.05, 0) is 37.4 Å². The van der Waals surface area contributed by atoms with Gasteiger partial charge in [0.15, 0.2) is 0 Å². The summed E-state index contributed by atoms with van der Waals surface area (Å²) in [6.07, 6.45) is 2.18. The van der Waals surface area contributed by atoms with E-state index in [9.17, 15) is 14.9 Å². The largest absolute Gasteiger partial charge is 0.535 e. The number of thioether (sulfide) groups is 1. The lowest BCUT2D eigenvalue weighted by molar-refractivity contribution is -0.0559. The maximum absolute atomic E-state index is 11.9. The Labute approximate surface area is 157 Å². The van der Waals surface area contributed by atoms with Crippen molar-refractivity contribution in [2.75, 3.05) is 32.4 Å². The number of carboxylic acid groups (broad SMARTS) is 1. The fourth-order valence-corrected chi connectivity index (χ4v) is 5.95. The van der Waals surface area contributed by atoms with Gasteiger partial charge >= 0.3 is 13.1 Å². The van der Waals surface area contributed by atoms with E-state index in [4.69, 9.17) is 4.65 Å². The summed E-state index contributed by atoms with van der Waals surface area (Å²) in [4.78, 5) is 17.6. The van der Waals surface area contributed by atoms with Crippen LogP contribution in [-0.4, -0.2) is 77.5 Å². The van der Waals surface area contributed by atoms with Crippen LogP contribution in [0.25, 0.3) is 0 Å². The molecule has 0 amide bonds. The first-order valence-electron chi connectivity index (χ1n) is 9.35. The highest BCUT2D eigenvalue weighted by Gasteiger charge is 2.54. The van der Waals surface area contributed by atoms with Crippen molar-refractivity contribution in [2.24, 2.45) is 0 Å². The monoisotopic (exact) mass is 374 g/mol. The molecular weight excluding hydrogens is 351 g/mol. The van der Waals surface area contributed by atoms with Gasteiger partial charge in [0.25, 0.3) is 0 Å². The topological polar surface area (TPSA) is 73.2 Å². The lowest BCUT2D eigenvalue weighted by Crippen LogP contribution is -2.68. The number of carbonyl (C=O) groups is 1. The lowest BCUT2D eigenvalue weighted by Gasteiger charge is -2.55.